The molecule has 3 heteroatoms. The van der Waals surface area contributed by atoms with Gasteiger partial charge in [-0.15, -0.1) is 0 Å². The molecule has 68 valence electrons. The molecule has 2 atom stereocenters. The van der Waals surface area contributed by atoms with Crippen LogP contribution in [0.15, 0.2) is 0 Å². The Morgan fingerprint density at radius 2 is 2.42 bits per heavy atom. The summed E-state index contributed by atoms with van der Waals surface area (Å²) < 4.78 is 0. The fraction of sp³-hybridized carbons (Fsp3) is 0.889. The van der Waals surface area contributed by atoms with Crippen LogP contribution in [-0.4, -0.2) is 42.4 Å². The van der Waals surface area contributed by atoms with Crippen molar-refractivity contribution in [2.24, 2.45) is 0 Å². The Morgan fingerprint density at radius 3 is 2.83 bits per heavy atom. The van der Waals surface area contributed by atoms with Gasteiger partial charge in [0.15, 0.2) is 0 Å². The molecule has 1 N–H and O–H groups in total. The Labute approximate surface area is 73.1 Å². The first kappa shape index (κ1) is 8.20. The zero-order valence-electron chi connectivity index (χ0n) is 7.55. The number of piperidine rings is 2. The van der Waals surface area contributed by atoms with Gasteiger partial charge in [-0.25, -0.2) is 0 Å². The molecule has 3 heterocycles. The van der Waals surface area contributed by atoms with E-state index in [1.807, 2.05) is 0 Å². The molecule has 3 aliphatic heterocycles. The number of piperazine rings is 1. The summed E-state index contributed by atoms with van der Waals surface area (Å²) in [5.41, 5.74) is 0. The van der Waals surface area contributed by atoms with Gasteiger partial charge in [0.25, 0.3) is 0 Å². The molecule has 0 spiro atoms. The zero-order valence-corrected chi connectivity index (χ0v) is 7.55. The molecule has 0 aromatic heterocycles. The average Bonchev–Trinajstić information content (AvgIpc) is 2.05. The number of hydrogen-bond donors (Lipinski definition) is 1. The molecule has 2 unspecified atom stereocenters. The third kappa shape index (κ3) is 1.52. The molecule has 2 bridgehead atoms. The summed E-state index contributed by atoms with van der Waals surface area (Å²) in [6.45, 7) is 4.49. The van der Waals surface area contributed by atoms with Crippen molar-refractivity contribution in [1.29, 1.82) is 0 Å². The van der Waals surface area contributed by atoms with E-state index in [4.69, 9.17) is 0 Å². The van der Waals surface area contributed by atoms with E-state index in [9.17, 15) is 4.79 Å². The Balaban J connectivity index is 1.95. The maximum atomic E-state index is 10.9. The summed E-state index contributed by atoms with van der Waals surface area (Å²) in [7, 11) is 0. The summed E-state index contributed by atoms with van der Waals surface area (Å²) >= 11 is 0. The summed E-state index contributed by atoms with van der Waals surface area (Å²) in [5, 5.41) is 3.47. The number of fused-ring (bicyclic) bond motifs is 3. The number of nitrogens with zero attached hydrogens (tertiary/aromatic N) is 1. The third-order valence-electron chi connectivity index (χ3n) is 2.89. The van der Waals surface area contributed by atoms with E-state index in [1.165, 1.54) is 12.8 Å². The van der Waals surface area contributed by atoms with Crippen molar-refractivity contribution in [2.75, 3.05) is 19.6 Å². The van der Waals surface area contributed by atoms with Crippen molar-refractivity contribution in [3.8, 4) is 0 Å². The SMILES string of the molecule is CC(=O)CN1CC2CCC1CN2. The van der Waals surface area contributed by atoms with Crippen LogP contribution in [0.2, 0.25) is 0 Å². The molecule has 0 aliphatic carbocycles. The third-order valence-corrected chi connectivity index (χ3v) is 2.89. The molecular weight excluding hydrogens is 152 g/mol. The highest BCUT2D eigenvalue weighted by Gasteiger charge is 2.33. The van der Waals surface area contributed by atoms with Crippen LogP contribution in [0.25, 0.3) is 0 Å². The normalized spacial score (nSPS) is 35.4. The topological polar surface area (TPSA) is 32.3 Å². The molecule has 0 aromatic rings. The lowest BCUT2D eigenvalue weighted by Crippen LogP contribution is -2.61. The second kappa shape index (κ2) is 3.15. The second-order valence-corrected chi connectivity index (χ2v) is 3.97. The summed E-state index contributed by atoms with van der Waals surface area (Å²) in [6.07, 6.45) is 2.56. The maximum absolute atomic E-state index is 10.9. The van der Waals surface area contributed by atoms with Gasteiger partial charge in [-0.1, -0.05) is 0 Å². The average molecular weight is 168 g/mol. The van der Waals surface area contributed by atoms with Crippen molar-refractivity contribution in [1.82, 2.24) is 10.2 Å². The Bertz CT molecular complexity index is 185. The van der Waals surface area contributed by atoms with Crippen LogP contribution in [-0.2, 0) is 4.79 Å². The highest BCUT2D eigenvalue weighted by Crippen LogP contribution is 2.21. The summed E-state index contributed by atoms with van der Waals surface area (Å²) in [6, 6.07) is 1.27. The van der Waals surface area contributed by atoms with Crippen LogP contribution in [0.3, 0.4) is 0 Å². The van der Waals surface area contributed by atoms with Crippen molar-refractivity contribution in [2.45, 2.75) is 31.8 Å². The summed E-state index contributed by atoms with van der Waals surface area (Å²) in [5.74, 6) is 0.294. The van der Waals surface area contributed by atoms with Gasteiger partial charge < -0.3 is 5.32 Å². The lowest BCUT2D eigenvalue weighted by molar-refractivity contribution is -0.119. The lowest BCUT2D eigenvalue weighted by atomic mass is 9.93. The highest BCUT2D eigenvalue weighted by molar-refractivity contribution is 5.77. The number of carbonyl (C=O) groups excluding carboxylic acids is 1. The van der Waals surface area contributed by atoms with Crippen LogP contribution >= 0.6 is 0 Å². The number of Topliss-reactive ketones (excluding diaryl/α,β-unsaturated/α-hetero) is 1. The molecule has 3 fully saturated rings. The minimum atomic E-state index is 0.294. The van der Waals surface area contributed by atoms with Gasteiger partial charge in [-0.05, 0) is 19.8 Å². The van der Waals surface area contributed by atoms with Gasteiger partial charge in [0.1, 0.15) is 5.78 Å². The fourth-order valence-electron chi connectivity index (χ4n) is 2.28. The Morgan fingerprint density at radius 1 is 1.58 bits per heavy atom. The lowest BCUT2D eigenvalue weighted by Gasteiger charge is -2.45. The maximum Gasteiger partial charge on any atom is 0.143 e. The first-order chi connectivity index (χ1) is 5.75. The molecule has 0 radical (unpaired) electrons. The minimum absolute atomic E-state index is 0.294. The molecule has 3 saturated heterocycles. The van der Waals surface area contributed by atoms with Gasteiger partial charge in [0.05, 0.1) is 6.54 Å². The number of hydrogen-bond acceptors (Lipinski definition) is 3. The molecule has 3 nitrogen and oxygen atoms in total. The van der Waals surface area contributed by atoms with Crippen LogP contribution in [0.4, 0.5) is 0 Å². The standard InChI is InChI=1S/C9H16N2O/c1-7(12)5-11-6-8-2-3-9(11)4-10-8/h8-10H,2-6H2,1H3. The van der Waals surface area contributed by atoms with Gasteiger partial charge in [0.2, 0.25) is 0 Å². The number of ketones is 1. The molecule has 0 aromatic carbocycles. The first-order valence-electron chi connectivity index (χ1n) is 4.72. The van der Waals surface area contributed by atoms with Crippen LogP contribution in [0.1, 0.15) is 19.8 Å². The van der Waals surface area contributed by atoms with Gasteiger partial charge in [-0.3, -0.25) is 9.69 Å². The molecule has 3 aliphatic rings. The van der Waals surface area contributed by atoms with Crippen molar-refractivity contribution >= 4 is 5.78 Å². The van der Waals surface area contributed by atoms with E-state index in [1.54, 1.807) is 6.92 Å². The molecule has 0 amide bonds. The first-order valence-corrected chi connectivity index (χ1v) is 4.72. The van der Waals surface area contributed by atoms with Crippen LogP contribution < -0.4 is 5.32 Å². The van der Waals surface area contributed by atoms with E-state index < -0.39 is 0 Å². The van der Waals surface area contributed by atoms with Gasteiger partial charge >= 0.3 is 0 Å². The van der Waals surface area contributed by atoms with E-state index >= 15 is 0 Å². The Kier molecular flexibility index (Phi) is 2.15. The largest absolute Gasteiger partial charge is 0.311 e. The van der Waals surface area contributed by atoms with E-state index in [2.05, 4.69) is 10.2 Å². The summed E-state index contributed by atoms with van der Waals surface area (Å²) in [4.78, 5) is 13.3. The molecule has 12 heavy (non-hydrogen) atoms. The predicted molar refractivity (Wildman–Crippen MR) is 47.1 cm³/mol. The number of carbonyl (C=O) groups is 1. The quantitative estimate of drug-likeness (QED) is 0.630. The zero-order chi connectivity index (χ0) is 8.55. The van der Waals surface area contributed by atoms with E-state index in [-0.39, 0.29) is 0 Å². The molecular formula is C9H16N2O. The predicted octanol–water partition coefficient (Wildman–Crippen LogP) is 0.0116. The van der Waals surface area contributed by atoms with Crippen LogP contribution in [0, 0.1) is 0 Å². The number of rotatable bonds is 2. The van der Waals surface area contributed by atoms with E-state index in [0.717, 1.165) is 13.1 Å². The van der Waals surface area contributed by atoms with Crippen molar-refractivity contribution < 1.29 is 4.79 Å². The van der Waals surface area contributed by atoms with Crippen molar-refractivity contribution in [3.63, 3.8) is 0 Å². The smallest absolute Gasteiger partial charge is 0.143 e. The van der Waals surface area contributed by atoms with Gasteiger partial charge in [0, 0.05) is 25.2 Å². The monoisotopic (exact) mass is 168 g/mol. The van der Waals surface area contributed by atoms with Gasteiger partial charge in [-0.2, -0.15) is 0 Å². The Hall–Kier alpha value is -0.410. The number of nitrogens with one attached hydrogen (secondary N) is 1. The second-order valence-electron chi connectivity index (χ2n) is 3.97. The molecule has 3 rings (SSSR count). The molecule has 0 saturated carbocycles. The van der Waals surface area contributed by atoms with E-state index in [0.29, 0.717) is 24.4 Å². The van der Waals surface area contributed by atoms with Crippen molar-refractivity contribution in [3.05, 3.63) is 0 Å². The fourth-order valence-corrected chi connectivity index (χ4v) is 2.28. The highest BCUT2D eigenvalue weighted by atomic mass is 16.1. The minimum Gasteiger partial charge on any atom is -0.311 e. The van der Waals surface area contributed by atoms with Crippen LogP contribution in [0.5, 0.6) is 0 Å².